The van der Waals surface area contributed by atoms with Crippen LogP contribution >= 0.6 is 0 Å². The number of nitrogens with zero attached hydrogens (tertiary/aromatic N) is 2. The van der Waals surface area contributed by atoms with E-state index in [-0.39, 0.29) is 5.56 Å². The van der Waals surface area contributed by atoms with E-state index in [2.05, 4.69) is 20.6 Å². The van der Waals surface area contributed by atoms with Gasteiger partial charge < -0.3 is 10.6 Å². The summed E-state index contributed by atoms with van der Waals surface area (Å²) in [4.78, 5) is 20.3. The predicted octanol–water partition coefficient (Wildman–Crippen LogP) is 3.62. The Kier molecular flexibility index (Phi) is 4.94. The largest absolute Gasteiger partial charge is 0.378 e. The average molecular weight is 340 g/mol. The number of carbonyl (C=O) groups is 1. The lowest BCUT2D eigenvalue weighted by molar-refractivity contribution is 0.102. The molecule has 7 heteroatoms. The molecule has 3 rings (SSSR count). The molecule has 2 aromatic heterocycles. The predicted molar refractivity (Wildman–Crippen MR) is 90.1 cm³/mol. The number of nitrogens with one attached hydrogen (secondary N) is 2. The third-order valence-corrected chi connectivity index (χ3v) is 3.39. The minimum Gasteiger partial charge on any atom is -0.378 e. The highest BCUT2D eigenvalue weighted by Crippen LogP contribution is 2.13. The van der Waals surface area contributed by atoms with Gasteiger partial charge in [0.25, 0.3) is 5.91 Å². The zero-order valence-corrected chi connectivity index (χ0v) is 13.0. The Bertz CT molecular complexity index is 870. The summed E-state index contributed by atoms with van der Waals surface area (Å²) in [5.74, 6) is -2.34. The molecule has 0 radical (unpaired) electrons. The summed E-state index contributed by atoms with van der Waals surface area (Å²) in [6.45, 7) is 0.545. The number of halogens is 2. The monoisotopic (exact) mass is 340 g/mol. The summed E-state index contributed by atoms with van der Waals surface area (Å²) in [6.07, 6.45) is 3.27. The van der Waals surface area contributed by atoms with Crippen molar-refractivity contribution in [3.63, 3.8) is 0 Å². The van der Waals surface area contributed by atoms with Gasteiger partial charge in [-0.2, -0.15) is 0 Å². The number of anilines is 2. The maximum Gasteiger partial charge on any atom is 0.256 e. The molecule has 0 unspecified atom stereocenters. The molecule has 0 aliphatic carbocycles. The number of rotatable bonds is 5. The fraction of sp³-hybridized carbons (Fsp3) is 0.0556. The standard InChI is InChI=1S/C18H14F2N4O/c19-15-6-4-12(9-16(15)20)18(25)24-17-7-5-14(11-23-17)22-10-13-3-1-2-8-21-13/h1-9,11,22H,10H2,(H,23,24,25). The molecule has 25 heavy (non-hydrogen) atoms. The summed E-state index contributed by atoms with van der Waals surface area (Å²) >= 11 is 0. The molecule has 3 aromatic rings. The molecule has 0 bridgehead atoms. The van der Waals surface area contributed by atoms with E-state index in [9.17, 15) is 13.6 Å². The van der Waals surface area contributed by atoms with Crippen LogP contribution in [0.25, 0.3) is 0 Å². The van der Waals surface area contributed by atoms with Crippen LogP contribution in [0, 0.1) is 11.6 Å². The lowest BCUT2D eigenvalue weighted by atomic mass is 10.2. The van der Waals surface area contributed by atoms with Gasteiger partial charge in [0, 0.05) is 11.8 Å². The van der Waals surface area contributed by atoms with E-state index in [1.54, 1.807) is 24.5 Å². The number of pyridine rings is 2. The van der Waals surface area contributed by atoms with Gasteiger partial charge in [-0.15, -0.1) is 0 Å². The van der Waals surface area contributed by atoms with Crippen molar-refractivity contribution >= 4 is 17.4 Å². The zero-order chi connectivity index (χ0) is 17.6. The van der Waals surface area contributed by atoms with Crippen LogP contribution in [0.1, 0.15) is 16.1 Å². The highest BCUT2D eigenvalue weighted by atomic mass is 19.2. The fourth-order valence-electron chi connectivity index (χ4n) is 2.09. The number of amides is 1. The van der Waals surface area contributed by atoms with Crippen molar-refractivity contribution in [2.75, 3.05) is 10.6 Å². The van der Waals surface area contributed by atoms with Gasteiger partial charge >= 0.3 is 0 Å². The summed E-state index contributed by atoms with van der Waals surface area (Å²) in [6, 6.07) is 12.0. The first-order chi connectivity index (χ1) is 12.1. The topological polar surface area (TPSA) is 66.9 Å². The molecule has 1 amide bonds. The molecule has 1 aromatic carbocycles. The lowest BCUT2D eigenvalue weighted by Crippen LogP contribution is -2.13. The maximum atomic E-state index is 13.2. The van der Waals surface area contributed by atoms with E-state index in [0.29, 0.717) is 12.4 Å². The highest BCUT2D eigenvalue weighted by Gasteiger charge is 2.10. The van der Waals surface area contributed by atoms with Crippen molar-refractivity contribution in [2.24, 2.45) is 0 Å². The quantitative estimate of drug-likeness (QED) is 0.744. The Hall–Kier alpha value is -3.35. The molecule has 0 aliphatic heterocycles. The second-order valence-corrected chi connectivity index (χ2v) is 5.19. The highest BCUT2D eigenvalue weighted by molar-refractivity contribution is 6.03. The normalized spacial score (nSPS) is 10.3. The number of hydrogen-bond donors (Lipinski definition) is 2. The Balaban J connectivity index is 1.60. The van der Waals surface area contributed by atoms with Crippen LogP contribution in [0.5, 0.6) is 0 Å². The molecule has 0 atom stereocenters. The Morgan fingerprint density at radius 1 is 1.00 bits per heavy atom. The van der Waals surface area contributed by atoms with Gasteiger partial charge in [0.15, 0.2) is 11.6 Å². The van der Waals surface area contributed by atoms with E-state index >= 15 is 0 Å². The third kappa shape index (κ3) is 4.35. The van der Waals surface area contributed by atoms with Gasteiger partial charge in [-0.05, 0) is 42.5 Å². The Morgan fingerprint density at radius 3 is 2.56 bits per heavy atom. The van der Waals surface area contributed by atoms with Crippen LogP contribution in [0.3, 0.4) is 0 Å². The van der Waals surface area contributed by atoms with E-state index in [1.165, 1.54) is 6.07 Å². The third-order valence-electron chi connectivity index (χ3n) is 3.39. The molecular formula is C18H14F2N4O. The van der Waals surface area contributed by atoms with Gasteiger partial charge in [-0.3, -0.25) is 9.78 Å². The van der Waals surface area contributed by atoms with E-state index in [1.807, 2.05) is 18.2 Å². The van der Waals surface area contributed by atoms with Crippen molar-refractivity contribution in [3.8, 4) is 0 Å². The van der Waals surface area contributed by atoms with Gasteiger partial charge in [0.1, 0.15) is 5.82 Å². The first kappa shape index (κ1) is 16.5. The molecule has 0 fully saturated rings. The van der Waals surface area contributed by atoms with Gasteiger partial charge in [0.2, 0.25) is 0 Å². The van der Waals surface area contributed by atoms with Crippen molar-refractivity contribution in [1.29, 1.82) is 0 Å². The van der Waals surface area contributed by atoms with Crippen LogP contribution in [0.2, 0.25) is 0 Å². The van der Waals surface area contributed by atoms with Crippen LogP contribution in [0.4, 0.5) is 20.3 Å². The molecule has 0 saturated carbocycles. The first-order valence-electron chi connectivity index (χ1n) is 7.48. The summed E-state index contributed by atoms with van der Waals surface area (Å²) in [5, 5.41) is 5.68. The Labute approximate surface area is 142 Å². The van der Waals surface area contributed by atoms with Crippen molar-refractivity contribution < 1.29 is 13.6 Å². The van der Waals surface area contributed by atoms with Crippen LogP contribution < -0.4 is 10.6 Å². The Morgan fingerprint density at radius 2 is 1.88 bits per heavy atom. The second kappa shape index (κ2) is 7.48. The number of aromatic nitrogens is 2. The van der Waals surface area contributed by atoms with E-state index in [4.69, 9.17) is 0 Å². The molecule has 2 heterocycles. The van der Waals surface area contributed by atoms with Gasteiger partial charge in [-0.1, -0.05) is 6.07 Å². The van der Waals surface area contributed by atoms with Crippen molar-refractivity contribution in [2.45, 2.75) is 6.54 Å². The number of hydrogen-bond acceptors (Lipinski definition) is 4. The zero-order valence-electron chi connectivity index (χ0n) is 13.0. The van der Waals surface area contributed by atoms with Crippen LogP contribution in [-0.2, 0) is 6.54 Å². The maximum absolute atomic E-state index is 13.2. The number of carbonyl (C=O) groups excluding carboxylic acids is 1. The van der Waals surface area contributed by atoms with E-state index < -0.39 is 17.5 Å². The summed E-state index contributed by atoms with van der Waals surface area (Å²) in [5.41, 5.74) is 1.66. The van der Waals surface area contributed by atoms with Gasteiger partial charge in [0.05, 0.1) is 24.1 Å². The van der Waals surface area contributed by atoms with E-state index in [0.717, 1.165) is 23.5 Å². The second-order valence-electron chi connectivity index (χ2n) is 5.19. The van der Waals surface area contributed by atoms with Crippen molar-refractivity contribution in [1.82, 2.24) is 9.97 Å². The average Bonchev–Trinajstić information content (AvgIpc) is 2.64. The van der Waals surface area contributed by atoms with Crippen LogP contribution in [-0.4, -0.2) is 15.9 Å². The molecule has 0 aliphatic rings. The molecular weight excluding hydrogens is 326 g/mol. The minimum absolute atomic E-state index is 0.0121. The molecule has 126 valence electrons. The fourth-order valence-corrected chi connectivity index (χ4v) is 2.09. The molecule has 2 N–H and O–H groups in total. The summed E-state index contributed by atoms with van der Waals surface area (Å²) < 4.78 is 26.1. The van der Waals surface area contributed by atoms with Crippen molar-refractivity contribution in [3.05, 3.63) is 83.8 Å². The molecule has 5 nitrogen and oxygen atoms in total. The molecule has 0 spiro atoms. The summed E-state index contributed by atoms with van der Waals surface area (Å²) in [7, 11) is 0. The SMILES string of the molecule is O=C(Nc1ccc(NCc2ccccn2)cn1)c1ccc(F)c(F)c1. The minimum atomic E-state index is -1.07. The first-order valence-corrected chi connectivity index (χ1v) is 7.48. The lowest BCUT2D eigenvalue weighted by Gasteiger charge is -2.08. The van der Waals surface area contributed by atoms with Gasteiger partial charge in [-0.25, -0.2) is 13.8 Å². The number of benzene rings is 1. The molecule has 0 saturated heterocycles. The smallest absolute Gasteiger partial charge is 0.256 e. The van der Waals surface area contributed by atoms with Crippen LogP contribution in [0.15, 0.2) is 60.9 Å².